The molecule has 0 radical (unpaired) electrons. The van der Waals surface area contributed by atoms with Crippen molar-refractivity contribution in [3.05, 3.63) is 0 Å². The quantitative estimate of drug-likeness (QED) is 0.275. The van der Waals surface area contributed by atoms with Gasteiger partial charge in [-0.3, -0.25) is 0 Å². The van der Waals surface area contributed by atoms with Crippen molar-refractivity contribution in [1.29, 1.82) is 0 Å². The van der Waals surface area contributed by atoms with Crippen LogP contribution < -0.4 is 0 Å². The predicted octanol–water partition coefficient (Wildman–Crippen LogP) is -3.86. The SMILES string of the molecule is OC[C@H]1OC(O)(CO)[C@@H](O)[C@@H](O)[C@H]1O. The van der Waals surface area contributed by atoms with Crippen molar-refractivity contribution < 1.29 is 35.4 Å². The molecule has 1 saturated heterocycles. The predicted molar refractivity (Wildman–Crippen MR) is 42.0 cm³/mol. The molecule has 6 N–H and O–H groups in total. The first kappa shape index (κ1) is 11.8. The van der Waals surface area contributed by atoms with E-state index in [1.54, 1.807) is 0 Å². The lowest BCUT2D eigenvalue weighted by atomic mass is 9.93. The Hall–Kier alpha value is -0.280. The molecule has 0 bridgehead atoms. The Morgan fingerprint density at radius 3 is 2.07 bits per heavy atom. The molecule has 1 heterocycles. The van der Waals surface area contributed by atoms with Gasteiger partial charge in [0.2, 0.25) is 5.79 Å². The van der Waals surface area contributed by atoms with E-state index in [4.69, 9.17) is 10.2 Å². The number of aliphatic hydroxyl groups excluding tert-OH is 5. The van der Waals surface area contributed by atoms with Crippen LogP contribution in [0.1, 0.15) is 0 Å². The highest BCUT2D eigenvalue weighted by Gasteiger charge is 2.52. The van der Waals surface area contributed by atoms with Crippen LogP contribution in [0.5, 0.6) is 0 Å². The Bertz CT molecular complexity index is 196. The average molecular weight is 210 g/mol. The standard InChI is InChI=1S/C7H14O7/c8-1-3-4(10)5(11)6(12)7(13,2-9)14-3/h3-6,8-13H,1-2H2/t3-,4+,5+,6+,7?/m1/s1. The summed E-state index contributed by atoms with van der Waals surface area (Å²) in [5.41, 5.74) is 0. The first-order chi connectivity index (χ1) is 6.46. The molecular formula is C7H14O7. The molecule has 5 atom stereocenters. The summed E-state index contributed by atoms with van der Waals surface area (Å²) in [6.07, 6.45) is -6.27. The van der Waals surface area contributed by atoms with E-state index >= 15 is 0 Å². The van der Waals surface area contributed by atoms with Crippen molar-refractivity contribution in [2.24, 2.45) is 0 Å². The van der Waals surface area contributed by atoms with Crippen LogP contribution in [-0.2, 0) is 4.74 Å². The largest absolute Gasteiger partial charge is 0.394 e. The van der Waals surface area contributed by atoms with E-state index in [1.807, 2.05) is 0 Å². The van der Waals surface area contributed by atoms with Crippen molar-refractivity contribution in [1.82, 2.24) is 0 Å². The van der Waals surface area contributed by atoms with Gasteiger partial charge in [-0.05, 0) is 0 Å². The van der Waals surface area contributed by atoms with Gasteiger partial charge in [0, 0.05) is 0 Å². The Morgan fingerprint density at radius 1 is 1.07 bits per heavy atom. The fourth-order valence-corrected chi connectivity index (χ4v) is 1.35. The number of ether oxygens (including phenoxy) is 1. The molecule has 1 rings (SSSR count). The maximum Gasteiger partial charge on any atom is 0.219 e. The van der Waals surface area contributed by atoms with Crippen LogP contribution in [0, 0.1) is 0 Å². The van der Waals surface area contributed by atoms with Crippen LogP contribution in [0.15, 0.2) is 0 Å². The van der Waals surface area contributed by atoms with Gasteiger partial charge in [-0.25, -0.2) is 0 Å². The second-order valence-corrected chi connectivity index (χ2v) is 3.27. The molecular weight excluding hydrogens is 196 g/mol. The minimum atomic E-state index is -2.36. The van der Waals surface area contributed by atoms with E-state index < -0.39 is 43.4 Å². The second-order valence-electron chi connectivity index (χ2n) is 3.27. The molecule has 0 aromatic carbocycles. The summed E-state index contributed by atoms with van der Waals surface area (Å²) in [4.78, 5) is 0. The van der Waals surface area contributed by atoms with Crippen molar-refractivity contribution in [3.8, 4) is 0 Å². The number of hydrogen-bond donors (Lipinski definition) is 6. The third kappa shape index (κ3) is 1.75. The molecule has 0 aromatic rings. The van der Waals surface area contributed by atoms with Crippen molar-refractivity contribution in [2.45, 2.75) is 30.2 Å². The van der Waals surface area contributed by atoms with Gasteiger partial charge >= 0.3 is 0 Å². The lowest BCUT2D eigenvalue weighted by Gasteiger charge is -2.44. The lowest BCUT2D eigenvalue weighted by molar-refractivity contribution is -0.357. The third-order valence-electron chi connectivity index (χ3n) is 2.28. The molecule has 7 nitrogen and oxygen atoms in total. The van der Waals surface area contributed by atoms with Gasteiger partial charge < -0.3 is 35.4 Å². The fraction of sp³-hybridized carbons (Fsp3) is 1.00. The molecule has 1 aliphatic heterocycles. The molecule has 14 heavy (non-hydrogen) atoms. The number of rotatable bonds is 2. The minimum absolute atomic E-state index is 0.646. The van der Waals surface area contributed by atoms with E-state index in [0.29, 0.717) is 0 Å². The molecule has 0 aliphatic carbocycles. The summed E-state index contributed by atoms with van der Waals surface area (Å²) in [6, 6.07) is 0. The zero-order valence-corrected chi connectivity index (χ0v) is 7.32. The Labute approximate surface area is 79.8 Å². The average Bonchev–Trinajstić information content (AvgIpc) is 2.20. The molecule has 0 amide bonds. The van der Waals surface area contributed by atoms with Crippen LogP contribution in [-0.4, -0.2) is 74.1 Å². The molecule has 1 fully saturated rings. The maximum atomic E-state index is 9.43. The van der Waals surface area contributed by atoms with Crippen LogP contribution in [0.2, 0.25) is 0 Å². The lowest BCUT2D eigenvalue weighted by Crippen LogP contribution is -2.66. The van der Waals surface area contributed by atoms with Gasteiger partial charge in [-0.15, -0.1) is 0 Å². The van der Waals surface area contributed by atoms with Gasteiger partial charge in [0.25, 0.3) is 0 Å². The monoisotopic (exact) mass is 210 g/mol. The Kier molecular flexibility index (Phi) is 3.43. The number of aliphatic hydroxyl groups is 6. The van der Waals surface area contributed by atoms with E-state index in [2.05, 4.69) is 4.74 Å². The number of hydrogen-bond acceptors (Lipinski definition) is 7. The summed E-state index contributed by atoms with van der Waals surface area (Å²) < 4.78 is 4.66. The first-order valence-corrected chi connectivity index (χ1v) is 4.12. The molecule has 0 aromatic heterocycles. The first-order valence-electron chi connectivity index (χ1n) is 4.12. The zero-order chi connectivity index (χ0) is 10.9. The Balaban J connectivity index is 2.84. The van der Waals surface area contributed by atoms with Crippen LogP contribution in [0.3, 0.4) is 0 Å². The molecule has 0 saturated carbocycles. The molecule has 1 aliphatic rings. The highest BCUT2D eigenvalue weighted by molar-refractivity contribution is 4.95. The Morgan fingerprint density at radius 2 is 1.64 bits per heavy atom. The summed E-state index contributed by atoms with van der Waals surface area (Å²) in [5.74, 6) is -2.36. The normalized spacial score (nSPS) is 49.3. The molecule has 84 valence electrons. The van der Waals surface area contributed by atoms with E-state index in [0.717, 1.165) is 0 Å². The molecule has 0 spiro atoms. The van der Waals surface area contributed by atoms with Crippen LogP contribution in [0.4, 0.5) is 0 Å². The highest BCUT2D eigenvalue weighted by atomic mass is 16.7. The van der Waals surface area contributed by atoms with E-state index in [-0.39, 0.29) is 0 Å². The fourth-order valence-electron chi connectivity index (χ4n) is 1.35. The maximum absolute atomic E-state index is 9.43. The van der Waals surface area contributed by atoms with Crippen molar-refractivity contribution in [2.75, 3.05) is 13.2 Å². The van der Waals surface area contributed by atoms with Crippen LogP contribution in [0.25, 0.3) is 0 Å². The van der Waals surface area contributed by atoms with Gasteiger partial charge in [0.1, 0.15) is 24.4 Å². The smallest absolute Gasteiger partial charge is 0.219 e. The topological polar surface area (TPSA) is 131 Å². The minimum Gasteiger partial charge on any atom is -0.394 e. The van der Waals surface area contributed by atoms with Crippen molar-refractivity contribution >= 4 is 0 Å². The highest BCUT2D eigenvalue weighted by Crippen LogP contribution is 2.27. The second kappa shape index (κ2) is 4.07. The van der Waals surface area contributed by atoms with Gasteiger partial charge in [0.05, 0.1) is 13.2 Å². The third-order valence-corrected chi connectivity index (χ3v) is 2.28. The van der Waals surface area contributed by atoms with E-state index in [9.17, 15) is 20.4 Å². The molecule has 7 heteroatoms. The molecule has 1 unspecified atom stereocenters. The van der Waals surface area contributed by atoms with Gasteiger partial charge in [-0.1, -0.05) is 0 Å². The van der Waals surface area contributed by atoms with Crippen LogP contribution >= 0.6 is 0 Å². The van der Waals surface area contributed by atoms with Crippen molar-refractivity contribution in [3.63, 3.8) is 0 Å². The zero-order valence-electron chi connectivity index (χ0n) is 7.32. The summed E-state index contributed by atoms with van der Waals surface area (Å²) in [5, 5.41) is 54.6. The van der Waals surface area contributed by atoms with Gasteiger partial charge in [0.15, 0.2) is 0 Å². The summed E-state index contributed by atoms with van der Waals surface area (Å²) >= 11 is 0. The van der Waals surface area contributed by atoms with Gasteiger partial charge in [-0.2, -0.15) is 0 Å². The summed E-state index contributed by atoms with van der Waals surface area (Å²) in [7, 11) is 0. The summed E-state index contributed by atoms with van der Waals surface area (Å²) in [6.45, 7) is -1.60. The van der Waals surface area contributed by atoms with E-state index in [1.165, 1.54) is 0 Å².